The fraction of sp³-hybridized carbons (Fsp3) is 0. The van der Waals surface area contributed by atoms with Crippen LogP contribution in [0.5, 0.6) is 5.75 Å². The zero-order chi connectivity index (χ0) is 17.4. The lowest BCUT2D eigenvalue weighted by Crippen LogP contribution is -2.10. The van der Waals surface area contributed by atoms with Gasteiger partial charge < -0.3 is 20.3 Å². The molecule has 5 heteroatoms. The first-order valence-corrected chi connectivity index (χ1v) is 7.70. The Bertz CT molecular complexity index is 1120. The normalized spacial score (nSPS) is 10.9. The number of ether oxygens (including phenoxy) is 1. The summed E-state index contributed by atoms with van der Waals surface area (Å²) in [4.78, 5) is 12.5. The van der Waals surface area contributed by atoms with Crippen LogP contribution in [0.25, 0.3) is 22.3 Å². The maximum Gasteiger partial charge on any atom is 0.343 e. The Morgan fingerprint density at radius 3 is 2.60 bits per heavy atom. The molecule has 0 spiro atoms. The second-order valence-electron chi connectivity index (χ2n) is 5.65. The summed E-state index contributed by atoms with van der Waals surface area (Å²) in [5, 5.41) is 8.73. The predicted molar refractivity (Wildman–Crippen MR) is 94.5 cm³/mol. The van der Waals surface area contributed by atoms with Crippen LogP contribution in [0, 0.1) is 5.41 Å². The van der Waals surface area contributed by atoms with Gasteiger partial charge in [-0.2, -0.15) is 0 Å². The third-order valence-electron chi connectivity index (χ3n) is 3.90. The molecule has 1 heterocycles. The fourth-order valence-electron chi connectivity index (χ4n) is 2.70. The van der Waals surface area contributed by atoms with E-state index in [2.05, 4.69) is 0 Å². The van der Waals surface area contributed by atoms with Crippen LogP contribution in [0.1, 0.15) is 10.4 Å². The molecule has 0 amide bonds. The third kappa shape index (κ3) is 2.72. The highest BCUT2D eigenvalue weighted by Crippen LogP contribution is 2.39. The number of fused-ring (bicyclic) bond motifs is 2. The standard InChI is InChI=1S/C20H14N2O3/c21-13-6-8-15-17(10-13)24-18-11-14(22)7-9-16(18)19(15)25-20(23)12-4-2-1-3-5-12/h1-11,21H,22H2. The van der Waals surface area contributed by atoms with Crippen molar-refractivity contribution in [3.05, 3.63) is 77.7 Å². The highest BCUT2D eigenvalue weighted by molar-refractivity contribution is 5.98. The first-order valence-electron chi connectivity index (χ1n) is 7.70. The van der Waals surface area contributed by atoms with Gasteiger partial charge in [0.25, 0.3) is 0 Å². The number of hydrogen-bond acceptors (Lipinski definition) is 5. The van der Waals surface area contributed by atoms with Gasteiger partial charge in [-0.15, -0.1) is 0 Å². The number of carbonyl (C=O) groups excluding carboxylic acids is 1. The molecule has 122 valence electrons. The Morgan fingerprint density at radius 2 is 1.80 bits per heavy atom. The Balaban J connectivity index is 1.94. The van der Waals surface area contributed by atoms with E-state index in [0.29, 0.717) is 44.7 Å². The molecular formula is C20H14N2O3. The van der Waals surface area contributed by atoms with Crippen molar-refractivity contribution in [3.63, 3.8) is 0 Å². The van der Waals surface area contributed by atoms with Crippen LogP contribution in [-0.4, -0.2) is 5.97 Å². The molecule has 0 aromatic heterocycles. The maximum atomic E-state index is 12.5. The second-order valence-corrected chi connectivity index (χ2v) is 5.65. The van der Waals surface area contributed by atoms with Gasteiger partial charge in [-0.1, -0.05) is 18.2 Å². The van der Waals surface area contributed by atoms with Crippen molar-refractivity contribution < 1.29 is 13.9 Å². The topological polar surface area (TPSA) is 89.3 Å². The van der Waals surface area contributed by atoms with E-state index in [1.807, 2.05) is 6.07 Å². The molecule has 0 saturated carbocycles. The van der Waals surface area contributed by atoms with E-state index in [0.717, 1.165) is 0 Å². The lowest BCUT2D eigenvalue weighted by molar-refractivity contribution is 0.0737. The molecule has 0 fully saturated rings. The summed E-state index contributed by atoms with van der Waals surface area (Å²) >= 11 is 0. The van der Waals surface area contributed by atoms with Crippen molar-refractivity contribution in [2.75, 3.05) is 5.73 Å². The lowest BCUT2D eigenvalue weighted by Gasteiger charge is -2.15. The molecule has 1 aliphatic heterocycles. The highest BCUT2D eigenvalue weighted by Gasteiger charge is 2.20. The minimum absolute atomic E-state index is 0.305. The van der Waals surface area contributed by atoms with Crippen LogP contribution in [0.15, 0.2) is 71.1 Å². The Kier molecular flexibility index (Phi) is 3.47. The zero-order valence-corrected chi connectivity index (χ0v) is 13.2. The number of rotatable bonds is 2. The molecule has 3 N–H and O–H groups in total. The average Bonchev–Trinajstić information content (AvgIpc) is 2.61. The monoisotopic (exact) mass is 330 g/mol. The van der Waals surface area contributed by atoms with Crippen molar-refractivity contribution in [1.82, 2.24) is 0 Å². The van der Waals surface area contributed by atoms with E-state index in [4.69, 9.17) is 20.3 Å². The summed E-state index contributed by atoms with van der Waals surface area (Å²) in [6, 6.07) is 18.9. The smallest absolute Gasteiger partial charge is 0.343 e. The van der Waals surface area contributed by atoms with Crippen LogP contribution >= 0.6 is 0 Å². The molecule has 0 radical (unpaired) electrons. The minimum atomic E-state index is -0.457. The first kappa shape index (κ1) is 15.0. The number of nitrogens with two attached hydrogens (primary N) is 1. The Morgan fingerprint density at radius 1 is 1.00 bits per heavy atom. The van der Waals surface area contributed by atoms with Gasteiger partial charge in [0.2, 0.25) is 0 Å². The molecule has 4 rings (SSSR count). The molecule has 0 unspecified atom stereocenters. The molecule has 0 saturated heterocycles. The molecule has 2 aliphatic rings. The van der Waals surface area contributed by atoms with Crippen LogP contribution in [0.2, 0.25) is 0 Å². The third-order valence-corrected chi connectivity index (χ3v) is 3.90. The van der Waals surface area contributed by atoms with Crippen molar-refractivity contribution in [2.24, 2.45) is 0 Å². The van der Waals surface area contributed by atoms with Gasteiger partial charge in [0, 0.05) is 17.8 Å². The summed E-state index contributed by atoms with van der Waals surface area (Å²) in [6.07, 6.45) is 0. The number of benzene rings is 3. The summed E-state index contributed by atoms with van der Waals surface area (Å²) in [6.45, 7) is 0. The number of esters is 1. The van der Waals surface area contributed by atoms with Gasteiger partial charge in [-0.25, -0.2) is 4.79 Å². The number of hydrogen-bond donors (Lipinski definition) is 2. The van der Waals surface area contributed by atoms with E-state index < -0.39 is 5.97 Å². The highest BCUT2D eigenvalue weighted by atomic mass is 16.5. The quantitative estimate of drug-likeness (QED) is 0.332. The van der Waals surface area contributed by atoms with Crippen LogP contribution in [-0.2, 0) is 0 Å². The number of nitrogen functional groups attached to an aromatic ring is 1. The van der Waals surface area contributed by atoms with Crippen LogP contribution < -0.4 is 15.8 Å². The van der Waals surface area contributed by atoms with E-state index >= 15 is 0 Å². The molecule has 0 bridgehead atoms. The van der Waals surface area contributed by atoms with Gasteiger partial charge in [0.1, 0.15) is 11.3 Å². The van der Waals surface area contributed by atoms with Crippen LogP contribution in [0.3, 0.4) is 0 Å². The molecule has 1 aliphatic carbocycles. The van der Waals surface area contributed by atoms with E-state index in [1.54, 1.807) is 60.7 Å². The van der Waals surface area contributed by atoms with E-state index in [-0.39, 0.29) is 0 Å². The molecule has 2 aromatic rings. The number of carbonyl (C=O) groups is 1. The molecule has 0 atom stereocenters. The van der Waals surface area contributed by atoms with Crippen molar-refractivity contribution >= 4 is 22.6 Å². The average molecular weight is 330 g/mol. The van der Waals surface area contributed by atoms with Gasteiger partial charge in [-0.05, 0) is 36.4 Å². The molecular weight excluding hydrogens is 316 g/mol. The minimum Gasteiger partial charge on any atom is -0.456 e. The van der Waals surface area contributed by atoms with Gasteiger partial charge in [0.05, 0.1) is 21.9 Å². The summed E-state index contributed by atoms with van der Waals surface area (Å²) in [5.41, 5.74) is 7.95. The summed E-state index contributed by atoms with van der Waals surface area (Å²) in [5.74, 6) is 0.396. The predicted octanol–water partition coefficient (Wildman–Crippen LogP) is 3.82. The maximum absolute atomic E-state index is 12.5. The van der Waals surface area contributed by atoms with Crippen molar-refractivity contribution in [1.29, 1.82) is 5.41 Å². The number of nitrogens with one attached hydrogen (secondary N) is 1. The Hall–Kier alpha value is -3.60. The van der Waals surface area contributed by atoms with E-state index in [1.165, 1.54) is 0 Å². The fourth-order valence-corrected chi connectivity index (χ4v) is 2.70. The molecule has 5 nitrogen and oxygen atoms in total. The lowest BCUT2D eigenvalue weighted by atomic mass is 10.1. The number of anilines is 1. The summed E-state index contributed by atoms with van der Waals surface area (Å²) < 4.78 is 11.6. The molecule has 2 aromatic carbocycles. The Labute approximate surface area is 143 Å². The van der Waals surface area contributed by atoms with E-state index in [9.17, 15) is 4.79 Å². The first-order chi connectivity index (χ1) is 12.1. The van der Waals surface area contributed by atoms with Crippen molar-refractivity contribution in [3.8, 4) is 17.1 Å². The largest absolute Gasteiger partial charge is 0.456 e. The van der Waals surface area contributed by atoms with Gasteiger partial charge in [0.15, 0.2) is 5.75 Å². The van der Waals surface area contributed by atoms with Gasteiger partial charge in [-0.3, -0.25) is 0 Å². The van der Waals surface area contributed by atoms with Gasteiger partial charge >= 0.3 is 5.97 Å². The second kappa shape index (κ2) is 5.79. The summed E-state index contributed by atoms with van der Waals surface area (Å²) in [7, 11) is 0. The SMILES string of the molecule is N=c1ccc2c(OC(=O)c3ccccc3)c3ccc(N)cc3oc-2c1. The zero-order valence-electron chi connectivity index (χ0n) is 13.2. The van der Waals surface area contributed by atoms with Crippen LogP contribution in [0.4, 0.5) is 5.69 Å². The van der Waals surface area contributed by atoms with Crippen molar-refractivity contribution in [2.45, 2.75) is 0 Å². The molecule has 25 heavy (non-hydrogen) atoms.